The van der Waals surface area contributed by atoms with Crippen molar-refractivity contribution < 1.29 is 0 Å². The summed E-state index contributed by atoms with van der Waals surface area (Å²) in [6.45, 7) is 0. The Morgan fingerprint density at radius 2 is 1.76 bits per heavy atom. The van der Waals surface area contributed by atoms with Crippen LogP contribution in [-0.2, 0) is 3.79 Å². The van der Waals surface area contributed by atoms with Gasteiger partial charge in [0.2, 0.25) is 3.79 Å². The van der Waals surface area contributed by atoms with E-state index in [0.29, 0.717) is 5.69 Å². The fraction of sp³-hybridized carbons (Fsp3) is 0.0769. The molecular weight excluding hydrogens is 375 g/mol. The summed E-state index contributed by atoms with van der Waals surface area (Å²) in [5.41, 5.74) is 4.04. The topological polar surface area (TPSA) is 37.3 Å². The molecule has 110 valence electrons. The average molecular weight is 383 g/mol. The highest BCUT2D eigenvalue weighted by atomic mass is 35.6. The van der Waals surface area contributed by atoms with Gasteiger partial charge in [-0.1, -0.05) is 88.3 Å². The van der Waals surface area contributed by atoms with Crippen molar-refractivity contribution in [1.29, 1.82) is 0 Å². The van der Waals surface area contributed by atoms with E-state index in [4.69, 9.17) is 58.0 Å². The molecular formula is C13H8Cl5N3. The minimum Gasteiger partial charge on any atom is -0.275 e. The molecule has 0 bridgehead atoms. The molecule has 0 fully saturated rings. The van der Waals surface area contributed by atoms with Crippen LogP contribution in [0.5, 0.6) is 0 Å². The summed E-state index contributed by atoms with van der Waals surface area (Å²) in [4.78, 5) is 3.92. The second-order valence-corrected chi connectivity index (χ2v) is 6.99. The van der Waals surface area contributed by atoms with Crippen molar-refractivity contribution in [1.82, 2.24) is 4.98 Å². The summed E-state index contributed by atoms with van der Waals surface area (Å²) < 4.78 is -1.75. The molecule has 1 aromatic carbocycles. The zero-order valence-corrected chi connectivity index (χ0v) is 14.1. The SMILES string of the molecule is Clc1cnc(C(Cl)(Cl)Cl)c(Cl)c1NN=Cc1ccccc1. The normalized spacial score (nSPS) is 11.9. The molecule has 0 aliphatic rings. The molecule has 0 aliphatic heterocycles. The van der Waals surface area contributed by atoms with Crippen molar-refractivity contribution in [2.75, 3.05) is 5.43 Å². The number of aromatic nitrogens is 1. The molecule has 0 saturated heterocycles. The first-order valence-electron chi connectivity index (χ1n) is 5.65. The molecule has 0 amide bonds. The van der Waals surface area contributed by atoms with Gasteiger partial charge >= 0.3 is 0 Å². The maximum atomic E-state index is 6.14. The molecule has 8 heteroatoms. The van der Waals surface area contributed by atoms with Crippen LogP contribution >= 0.6 is 58.0 Å². The average Bonchev–Trinajstić information content (AvgIpc) is 2.42. The predicted octanol–water partition coefficient (Wildman–Crippen LogP) is 5.66. The highest BCUT2D eigenvalue weighted by Gasteiger charge is 2.29. The van der Waals surface area contributed by atoms with Crippen LogP contribution in [0, 0.1) is 0 Å². The number of benzene rings is 1. The number of pyridine rings is 1. The summed E-state index contributed by atoms with van der Waals surface area (Å²) in [5.74, 6) is 0. The predicted molar refractivity (Wildman–Crippen MR) is 91.2 cm³/mol. The Morgan fingerprint density at radius 1 is 1.10 bits per heavy atom. The van der Waals surface area contributed by atoms with Crippen LogP contribution in [0.1, 0.15) is 11.3 Å². The third-order valence-electron chi connectivity index (χ3n) is 2.43. The van der Waals surface area contributed by atoms with Gasteiger partial charge in [-0.05, 0) is 5.56 Å². The maximum Gasteiger partial charge on any atom is 0.234 e. The lowest BCUT2D eigenvalue weighted by molar-refractivity contribution is 1.08. The first kappa shape index (κ1) is 16.7. The summed E-state index contributed by atoms with van der Waals surface area (Å²) >= 11 is 29.5. The van der Waals surface area contributed by atoms with Gasteiger partial charge in [0, 0.05) is 6.20 Å². The van der Waals surface area contributed by atoms with Gasteiger partial charge in [-0.25, -0.2) is 0 Å². The Labute approximate surface area is 146 Å². The Morgan fingerprint density at radius 3 is 2.38 bits per heavy atom. The summed E-state index contributed by atoms with van der Waals surface area (Å²) in [6, 6.07) is 9.50. The lowest BCUT2D eigenvalue weighted by atomic mass is 10.2. The second-order valence-electron chi connectivity index (χ2n) is 3.92. The molecule has 0 aliphatic carbocycles. The van der Waals surface area contributed by atoms with E-state index in [1.807, 2.05) is 30.3 Å². The Hall–Kier alpha value is -0.710. The molecule has 21 heavy (non-hydrogen) atoms. The lowest BCUT2D eigenvalue weighted by Gasteiger charge is -2.15. The van der Waals surface area contributed by atoms with E-state index in [2.05, 4.69) is 15.5 Å². The molecule has 2 rings (SSSR count). The van der Waals surface area contributed by atoms with Crippen LogP contribution in [0.15, 0.2) is 41.6 Å². The summed E-state index contributed by atoms with van der Waals surface area (Å²) in [5, 5.41) is 4.43. The minimum absolute atomic E-state index is 0.0796. The summed E-state index contributed by atoms with van der Waals surface area (Å²) in [7, 11) is 0. The van der Waals surface area contributed by atoms with Gasteiger partial charge in [0.25, 0.3) is 0 Å². The first-order valence-corrected chi connectivity index (χ1v) is 7.54. The maximum absolute atomic E-state index is 6.14. The van der Waals surface area contributed by atoms with Crippen molar-refractivity contribution >= 4 is 69.9 Å². The monoisotopic (exact) mass is 381 g/mol. The fourth-order valence-corrected chi connectivity index (χ4v) is 2.62. The van der Waals surface area contributed by atoms with E-state index in [0.717, 1.165) is 5.56 Å². The van der Waals surface area contributed by atoms with Gasteiger partial charge in [0.05, 0.1) is 21.9 Å². The molecule has 1 heterocycles. The second kappa shape index (κ2) is 7.03. The largest absolute Gasteiger partial charge is 0.275 e. The number of hydrazone groups is 1. The van der Waals surface area contributed by atoms with E-state index in [1.54, 1.807) is 6.21 Å². The first-order chi connectivity index (χ1) is 9.89. The molecule has 0 unspecified atom stereocenters. The lowest BCUT2D eigenvalue weighted by Crippen LogP contribution is -2.06. The van der Waals surface area contributed by atoms with Crippen LogP contribution in [0.4, 0.5) is 5.69 Å². The third kappa shape index (κ3) is 4.38. The van der Waals surface area contributed by atoms with Crippen LogP contribution in [0.2, 0.25) is 10.0 Å². The van der Waals surface area contributed by atoms with E-state index in [-0.39, 0.29) is 15.7 Å². The smallest absolute Gasteiger partial charge is 0.234 e. The zero-order chi connectivity index (χ0) is 15.5. The van der Waals surface area contributed by atoms with Gasteiger partial charge < -0.3 is 0 Å². The van der Waals surface area contributed by atoms with Crippen molar-refractivity contribution in [3.8, 4) is 0 Å². The number of rotatable bonds is 3. The van der Waals surface area contributed by atoms with Crippen molar-refractivity contribution in [2.45, 2.75) is 3.79 Å². The van der Waals surface area contributed by atoms with Gasteiger partial charge in [-0.2, -0.15) is 5.10 Å². The Balaban J connectivity index is 2.26. The van der Waals surface area contributed by atoms with Crippen LogP contribution < -0.4 is 5.43 Å². The highest BCUT2D eigenvalue weighted by Crippen LogP contribution is 2.44. The number of nitrogens with one attached hydrogen (secondary N) is 1. The molecule has 0 saturated carbocycles. The Kier molecular flexibility index (Phi) is 5.58. The van der Waals surface area contributed by atoms with Gasteiger partial charge in [0.15, 0.2) is 0 Å². The number of halogens is 5. The van der Waals surface area contributed by atoms with E-state index >= 15 is 0 Å². The van der Waals surface area contributed by atoms with Crippen molar-refractivity contribution in [3.05, 3.63) is 57.8 Å². The zero-order valence-electron chi connectivity index (χ0n) is 10.3. The number of alkyl halides is 3. The fourth-order valence-electron chi connectivity index (χ4n) is 1.48. The number of anilines is 1. The van der Waals surface area contributed by atoms with E-state index < -0.39 is 3.79 Å². The highest BCUT2D eigenvalue weighted by molar-refractivity contribution is 6.67. The number of hydrogen-bond acceptors (Lipinski definition) is 3. The van der Waals surface area contributed by atoms with Gasteiger partial charge in [-0.15, -0.1) is 0 Å². The molecule has 0 atom stereocenters. The molecule has 0 spiro atoms. The van der Waals surface area contributed by atoms with E-state index in [9.17, 15) is 0 Å². The number of nitrogens with zero attached hydrogens (tertiary/aromatic N) is 2. The Bertz CT molecular complexity index is 653. The van der Waals surface area contributed by atoms with Crippen molar-refractivity contribution in [3.63, 3.8) is 0 Å². The van der Waals surface area contributed by atoms with Crippen LogP contribution in [0.3, 0.4) is 0 Å². The molecule has 1 aromatic heterocycles. The van der Waals surface area contributed by atoms with E-state index in [1.165, 1.54) is 6.20 Å². The number of hydrogen-bond donors (Lipinski definition) is 1. The molecule has 3 nitrogen and oxygen atoms in total. The van der Waals surface area contributed by atoms with Crippen molar-refractivity contribution in [2.24, 2.45) is 5.10 Å². The van der Waals surface area contributed by atoms with Crippen LogP contribution in [-0.4, -0.2) is 11.2 Å². The van der Waals surface area contributed by atoms with Gasteiger partial charge in [-0.3, -0.25) is 10.4 Å². The van der Waals surface area contributed by atoms with Gasteiger partial charge in [0.1, 0.15) is 5.69 Å². The van der Waals surface area contributed by atoms with Crippen LogP contribution in [0.25, 0.3) is 0 Å². The molecule has 1 N–H and O–H groups in total. The quantitative estimate of drug-likeness (QED) is 0.422. The summed E-state index contributed by atoms with van der Waals surface area (Å²) in [6.07, 6.45) is 2.95. The third-order valence-corrected chi connectivity index (χ3v) is 3.62. The molecule has 0 radical (unpaired) electrons. The minimum atomic E-state index is -1.75. The standard InChI is InChI=1S/C13H8Cl5N3/c14-9-7-19-12(13(16,17)18)10(15)11(9)21-20-6-8-4-2-1-3-5-8/h1-7H,(H,19,21). The molecule has 2 aromatic rings.